The Morgan fingerprint density at radius 3 is 3.11 bits per heavy atom. The first-order chi connectivity index (χ1) is 9.08. The summed E-state index contributed by atoms with van der Waals surface area (Å²) >= 11 is 0. The zero-order valence-electron chi connectivity index (χ0n) is 11.4. The maximum absolute atomic E-state index is 12.2. The van der Waals surface area contributed by atoms with E-state index in [9.17, 15) is 9.59 Å². The number of rotatable bonds is 4. The lowest BCUT2D eigenvalue weighted by Crippen LogP contribution is -2.38. The monoisotopic (exact) mass is 264 g/mol. The van der Waals surface area contributed by atoms with Crippen LogP contribution in [0, 0.1) is 5.92 Å². The Morgan fingerprint density at radius 1 is 1.58 bits per heavy atom. The van der Waals surface area contributed by atoms with Crippen molar-refractivity contribution >= 4 is 5.91 Å². The molecule has 0 bridgehead atoms. The van der Waals surface area contributed by atoms with Crippen LogP contribution in [0.1, 0.15) is 25.1 Å². The number of amides is 1. The predicted octanol–water partition coefficient (Wildman–Crippen LogP) is -0.339. The fourth-order valence-electron chi connectivity index (χ4n) is 2.03. The molecule has 19 heavy (non-hydrogen) atoms. The number of nitrogens with one attached hydrogen (secondary N) is 2. The van der Waals surface area contributed by atoms with Crippen molar-refractivity contribution in [1.29, 1.82) is 0 Å². The molecule has 0 spiro atoms. The van der Waals surface area contributed by atoms with Gasteiger partial charge < -0.3 is 10.6 Å². The second kappa shape index (κ2) is 5.97. The van der Waals surface area contributed by atoms with Gasteiger partial charge in [-0.1, -0.05) is 13.8 Å². The van der Waals surface area contributed by atoms with Crippen LogP contribution in [0.3, 0.4) is 0 Å². The van der Waals surface area contributed by atoms with E-state index in [-0.39, 0.29) is 18.0 Å². The first kappa shape index (κ1) is 13.7. The largest absolute Gasteiger partial charge is 0.354 e. The summed E-state index contributed by atoms with van der Waals surface area (Å²) in [5.41, 5.74) is 1.44. The maximum atomic E-state index is 12.2. The summed E-state index contributed by atoms with van der Waals surface area (Å²) in [7, 11) is 0. The van der Waals surface area contributed by atoms with E-state index in [4.69, 9.17) is 0 Å². The third kappa shape index (κ3) is 3.41. The van der Waals surface area contributed by atoms with Gasteiger partial charge in [-0.05, 0) is 18.9 Å². The van der Waals surface area contributed by atoms with E-state index in [0.717, 1.165) is 17.8 Å². The predicted molar refractivity (Wildman–Crippen MR) is 71.8 cm³/mol. The minimum Gasteiger partial charge on any atom is -0.354 e. The van der Waals surface area contributed by atoms with Crippen LogP contribution >= 0.6 is 0 Å². The van der Waals surface area contributed by atoms with Crippen molar-refractivity contribution in [2.75, 3.05) is 13.1 Å². The second-order valence-corrected chi connectivity index (χ2v) is 5.23. The Balaban J connectivity index is 2.09. The molecule has 0 unspecified atom stereocenters. The zero-order valence-corrected chi connectivity index (χ0v) is 11.4. The van der Waals surface area contributed by atoms with Crippen LogP contribution in [0.2, 0.25) is 0 Å². The number of carbonyl (C=O) groups excluding carboxylic acids is 1. The maximum Gasteiger partial charge on any atom is 0.257 e. The van der Waals surface area contributed by atoms with Gasteiger partial charge in [-0.25, -0.2) is 4.98 Å². The van der Waals surface area contributed by atoms with Gasteiger partial charge in [0.05, 0.1) is 12.0 Å². The standard InChI is InChI=1S/C13H20N4O2/c1-9(2)5-15-12(18)7-17-8-16-11-6-14-4-3-10(11)13(17)19/h8-9,14H,3-7H2,1-2H3,(H,15,18). The molecule has 0 atom stereocenters. The molecule has 1 amide bonds. The minimum absolute atomic E-state index is 0.0409. The second-order valence-electron chi connectivity index (χ2n) is 5.23. The Bertz CT molecular complexity index is 522. The lowest BCUT2D eigenvalue weighted by Gasteiger charge is -2.16. The van der Waals surface area contributed by atoms with Crippen molar-refractivity contribution < 1.29 is 4.79 Å². The fraction of sp³-hybridized carbons (Fsp3) is 0.615. The van der Waals surface area contributed by atoms with Crippen molar-refractivity contribution in [2.24, 2.45) is 5.92 Å². The van der Waals surface area contributed by atoms with Gasteiger partial charge in [0.1, 0.15) is 6.54 Å². The topological polar surface area (TPSA) is 76.0 Å². The van der Waals surface area contributed by atoms with Crippen LogP contribution in [-0.2, 0) is 24.3 Å². The number of hydrogen-bond acceptors (Lipinski definition) is 4. The van der Waals surface area contributed by atoms with E-state index in [1.807, 2.05) is 13.8 Å². The van der Waals surface area contributed by atoms with E-state index >= 15 is 0 Å². The summed E-state index contributed by atoms with van der Waals surface area (Å²) < 4.78 is 1.39. The molecule has 2 N–H and O–H groups in total. The van der Waals surface area contributed by atoms with Crippen LogP contribution in [0.5, 0.6) is 0 Å². The van der Waals surface area contributed by atoms with Gasteiger partial charge in [0, 0.05) is 18.7 Å². The molecule has 1 aliphatic heterocycles. The smallest absolute Gasteiger partial charge is 0.257 e. The number of hydrogen-bond donors (Lipinski definition) is 2. The first-order valence-electron chi connectivity index (χ1n) is 6.62. The summed E-state index contributed by atoms with van der Waals surface area (Å²) in [6.07, 6.45) is 2.14. The highest BCUT2D eigenvalue weighted by atomic mass is 16.2. The molecule has 1 aliphatic rings. The third-order valence-corrected chi connectivity index (χ3v) is 3.09. The molecular formula is C13H20N4O2. The van der Waals surface area contributed by atoms with E-state index in [2.05, 4.69) is 15.6 Å². The van der Waals surface area contributed by atoms with Crippen LogP contribution in [0.15, 0.2) is 11.1 Å². The molecule has 6 heteroatoms. The molecule has 0 saturated heterocycles. The molecule has 1 aromatic heterocycles. The number of nitrogens with zero attached hydrogens (tertiary/aromatic N) is 2. The number of fused-ring (bicyclic) bond motifs is 1. The lowest BCUT2D eigenvalue weighted by molar-refractivity contribution is -0.121. The molecule has 2 rings (SSSR count). The molecule has 0 aromatic carbocycles. The highest BCUT2D eigenvalue weighted by molar-refractivity contribution is 5.75. The SMILES string of the molecule is CC(C)CNC(=O)Cn1cnc2c(c1=O)CCNC2. The van der Waals surface area contributed by atoms with Gasteiger partial charge >= 0.3 is 0 Å². The van der Waals surface area contributed by atoms with Gasteiger partial charge in [0.25, 0.3) is 5.56 Å². The first-order valence-corrected chi connectivity index (χ1v) is 6.62. The lowest BCUT2D eigenvalue weighted by atomic mass is 10.1. The van der Waals surface area contributed by atoms with E-state index in [1.54, 1.807) is 0 Å². The molecule has 2 heterocycles. The summed E-state index contributed by atoms with van der Waals surface area (Å²) in [6.45, 7) is 6.13. The molecule has 0 aliphatic carbocycles. The highest BCUT2D eigenvalue weighted by Gasteiger charge is 2.16. The summed E-state index contributed by atoms with van der Waals surface area (Å²) in [5.74, 6) is 0.250. The average Bonchev–Trinajstić information content (AvgIpc) is 2.40. The van der Waals surface area contributed by atoms with E-state index < -0.39 is 0 Å². The summed E-state index contributed by atoms with van der Waals surface area (Å²) in [6, 6.07) is 0. The van der Waals surface area contributed by atoms with Gasteiger partial charge in [0.2, 0.25) is 5.91 Å². The van der Waals surface area contributed by atoms with Gasteiger partial charge in [0.15, 0.2) is 0 Å². The van der Waals surface area contributed by atoms with Crippen LogP contribution in [0.25, 0.3) is 0 Å². The Morgan fingerprint density at radius 2 is 2.37 bits per heavy atom. The van der Waals surface area contributed by atoms with Crippen molar-refractivity contribution in [3.63, 3.8) is 0 Å². The Labute approximate surface area is 112 Å². The normalized spacial score (nSPS) is 14.3. The molecule has 104 valence electrons. The zero-order chi connectivity index (χ0) is 13.8. The molecule has 0 fully saturated rings. The van der Waals surface area contributed by atoms with Crippen molar-refractivity contribution in [3.05, 3.63) is 27.9 Å². The quantitative estimate of drug-likeness (QED) is 0.780. The molecule has 6 nitrogen and oxygen atoms in total. The van der Waals surface area contributed by atoms with Gasteiger partial charge in [-0.2, -0.15) is 0 Å². The Kier molecular flexibility index (Phi) is 4.31. The van der Waals surface area contributed by atoms with Crippen LogP contribution < -0.4 is 16.2 Å². The molecular weight excluding hydrogens is 244 g/mol. The molecule has 1 aromatic rings. The van der Waals surface area contributed by atoms with Crippen LogP contribution in [0.4, 0.5) is 0 Å². The van der Waals surface area contributed by atoms with E-state index in [0.29, 0.717) is 25.4 Å². The summed E-state index contributed by atoms with van der Waals surface area (Å²) in [4.78, 5) is 28.2. The van der Waals surface area contributed by atoms with Gasteiger partial charge in [-0.3, -0.25) is 14.2 Å². The van der Waals surface area contributed by atoms with E-state index in [1.165, 1.54) is 10.9 Å². The summed E-state index contributed by atoms with van der Waals surface area (Å²) in [5, 5.41) is 5.97. The fourth-order valence-corrected chi connectivity index (χ4v) is 2.03. The highest BCUT2D eigenvalue weighted by Crippen LogP contribution is 2.05. The van der Waals surface area contributed by atoms with Crippen molar-refractivity contribution in [2.45, 2.75) is 33.4 Å². The van der Waals surface area contributed by atoms with Crippen LogP contribution in [-0.4, -0.2) is 28.5 Å². The average molecular weight is 264 g/mol. The number of aromatic nitrogens is 2. The van der Waals surface area contributed by atoms with Crippen molar-refractivity contribution in [3.8, 4) is 0 Å². The third-order valence-electron chi connectivity index (χ3n) is 3.09. The molecule has 0 saturated carbocycles. The Hall–Kier alpha value is -1.69. The van der Waals surface area contributed by atoms with Crippen molar-refractivity contribution in [1.82, 2.24) is 20.2 Å². The minimum atomic E-state index is -0.147. The number of carbonyl (C=O) groups is 1. The van der Waals surface area contributed by atoms with Gasteiger partial charge in [-0.15, -0.1) is 0 Å². The molecule has 0 radical (unpaired) electrons.